The summed E-state index contributed by atoms with van der Waals surface area (Å²) in [4.78, 5) is 5.29. The predicted molar refractivity (Wildman–Crippen MR) is 81.6 cm³/mol. The Balaban J connectivity index is 1.90. The minimum atomic E-state index is 0.160. The number of pyridine rings is 1. The predicted octanol–water partition coefficient (Wildman–Crippen LogP) is 3.25. The van der Waals surface area contributed by atoms with E-state index in [9.17, 15) is 5.11 Å². The van der Waals surface area contributed by atoms with Crippen molar-refractivity contribution in [2.45, 2.75) is 0 Å². The summed E-state index contributed by atoms with van der Waals surface area (Å²) in [5.41, 5.74) is 2.23. The molecule has 0 saturated carbocycles. The van der Waals surface area contributed by atoms with E-state index in [0.29, 0.717) is 5.52 Å². The highest BCUT2D eigenvalue weighted by molar-refractivity contribution is 7.13. The van der Waals surface area contributed by atoms with Gasteiger partial charge in [0.05, 0.1) is 16.8 Å². The zero-order valence-electron chi connectivity index (χ0n) is 10.8. The number of aromatic hydroxyl groups is 1. The van der Waals surface area contributed by atoms with Crippen LogP contribution in [0.2, 0.25) is 0 Å². The number of hydrogen-bond acceptors (Lipinski definition) is 5. The normalized spacial score (nSPS) is 11.0. The Labute approximate surface area is 124 Å². The van der Waals surface area contributed by atoms with Gasteiger partial charge in [-0.3, -0.25) is 4.98 Å². The Kier molecular flexibility index (Phi) is 2.68. The molecule has 0 spiro atoms. The Hall–Kier alpha value is -2.73. The van der Waals surface area contributed by atoms with E-state index < -0.39 is 0 Å². The van der Waals surface area contributed by atoms with Crippen LogP contribution in [0, 0.1) is 0 Å². The topological polar surface area (TPSA) is 63.8 Å². The molecule has 0 bridgehead atoms. The molecule has 4 aromatic rings. The fourth-order valence-corrected chi connectivity index (χ4v) is 2.94. The molecule has 102 valence electrons. The molecule has 0 aliphatic heterocycles. The third-order valence-electron chi connectivity index (χ3n) is 3.24. The van der Waals surface area contributed by atoms with Gasteiger partial charge in [-0.05, 0) is 35.7 Å². The first-order chi connectivity index (χ1) is 10.3. The van der Waals surface area contributed by atoms with Crippen molar-refractivity contribution in [3.05, 3.63) is 54.2 Å². The van der Waals surface area contributed by atoms with Gasteiger partial charge in [0.1, 0.15) is 17.0 Å². The molecule has 0 radical (unpaired) electrons. The molecule has 0 saturated heterocycles. The van der Waals surface area contributed by atoms with Crippen molar-refractivity contribution in [2.75, 3.05) is 0 Å². The molecule has 5 nitrogen and oxygen atoms in total. The van der Waals surface area contributed by atoms with Gasteiger partial charge >= 0.3 is 0 Å². The van der Waals surface area contributed by atoms with E-state index in [1.54, 1.807) is 28.3 Å². The molecule has 1 N–H and O–H groups in total. The molecule has 1 aromatic carbocycles. The van der Waals surface area contributed by atoms with Crippen LogP contribution in [0.3, 0.4) is 0 Å². The number of hydrogen-bond donors (Lipinski definition) is 1. The van der Waals surface area contributed by atoms with Crippen LogP contribution in [0.1, 0.15) is 0 Å². The van der Waals surface area contributed by atoms with Crippen molar-refractivity contribution < 1.29 is 5.11 Å². The molecule has 3 aromatic heterocycles. The van der Waals surface area contributed by atoms with Gasteiger partial charge in [-0.2, -0.15) is 0 Å². The standard InChI is InChI=1S/C15H10N4OS/c20-13-6-5-12(10-3-1-7-16-15(10)13)19-9-11(17-18-19)14-4-2-8-21-14/h1-9,20H. The molecule has 0 aliphatic carbocycles. The summed E-state index contributed by atoms with van der Waals surface area (Å²) in [5.74, 6) is 0.160. The SMILES string of the molecule is Oc1ccc(-n2cc(-c3cccs3)nn2)c2cccnc12. The van der Waals surface area contributed by atoms with Gasteiger partial charge in [-0.1, -0.05) is 11.3 Å². The second-order valence-electron chi connectivity index (χ2n) is 4.53. The maximum Gasteiger partial charge on any atom is 0.141 e. The fourth-order valence-electron chi connectivity index (χ4n) is 2.26. The number of thiophene rings is 1. The average Bonchev–Trinajstić information content (AvgIpc) is 3.19. The maximum absolute atomic E-state index is 9.89. The smallest absolute Gasteiger partial charge is 0.141 e. The number of phenols is 1. The first-order valence-corrected chi connectivity index (χ1v) is 7.24. The molecule has 0 amide bonds. The van der Waals surface area contributed by atoms with Gasteiger partial charge in [0, 0.05) is 11.6 Å². The van der Waals surface area contributed by atoms with E-state index in [0.717, 1.165) is 21.6 Å². The summed E-state index contributed by atoms with van der Waals surface area (Å²) >= 11 is 1.62. The fraction of sp³-hybridized carbons (Fsp3) is 0. The van der Waals surface area contributed by atoms with E-state index in [1.165, 1.54) is 0 Å². The number of fused-ring (bicyclic) bond motifs is 1. The monoisotopic (exact) mass is 294 g/mol. The average molecular weight is 294 g/mol. The summed E-state index contributed by atoms with van der Waals surface area (Å²) in [6, 6.07) is 11.2. The van der Waals surface area contributed by atoms with E-state index in [4.69, 9.17) is 0 Å². The first kappa shape index (κ1) is 12.0. The highest BCUT2D eigenvalue weighted by Crippen LogP contribution is 2.29. The van der Waals surface area contributed by atoms with Crippen LogP contribution in [0.4, 0.5) is 0 Å². The van der Waals surface area contributed by atoms with Crippen LogP contribution in [0.15, 0.2) is 54.2 Å². The van der Waals surface area contributed by atoms with Gasteiger partial charge in [-0.15, -0.1) is 16.4 Å². The Morgan fingerprint density at radius 1 is 1.10 bits per heavy atom. The second kappa shape index (κ2) is 4.68. The lowest BCUT2D eigenvalue weighted by Crippen LogP contribution is -1.96. The summed E-state index contributed by atoms with van der Waals surface area (Å²) in [7, 11) is 0. The molecule has 3 heterocycles. The van der Waals surface area contributed by atoms with Crippen molar-refractivity contribution in [3.63, 3.8) is 0 Å². The lowest BCUT2D eigenvalue weighted by atomic mass is 10.1. The van der Waals surface area contributed by atoms with Crippen LogP contribution in [-0.4, -0.2) is 25.1 Å². The van der Waals surface area contributed by atoms with Crippen LogP contribution in [0.25, 0.3) is 27.2 Å². The summed E-state index contributed by atoms with van der Waals surface area (Å²) in [6.07, 6.45) is 3.54. The lowest BCUT2D eigenvalue weighted by molar-refractivity contribution is 0.480. The van der Waals surface area contributed by atoms with Crippen LogP contribution in [-0.2, 0) is 0 Å². The molecule has 6 heteroatoms. The van der Waals surface area contributed by atoms with E-state index >= 15 is 0 Å². The van der Waals surface area contributed by atoms with Gasteiger partial charge in [-0.25, -0.2) is 4.68 Å². The van der Waals surface area contributed by atoms with E-state index in [1.807, 2.05) is 41.9 Å². The molecule has 21 heavy (non-hydrogen) atoms. The Bertz CT molecular complexity index is 914. The molecule has 0 atom stereocenters. The van der Waals surface area contributed by atoms with Crippen LogP contribution in [0.5, 0.6) is 5.75 Å². The number of benzene rings is 1. The summed E-state index contributed by atoms with van der Waals surface area (Å²) < 4.78 is 1.71. The highest BCUT2D eigenvalue weighted by Gasteiger charge is 2.11. The maximum atomic E-state index is 9.89. The summed E-state index contributed by atoms with van der Waals surface area (Å²) in [6.45, 7) is 0. The number of nitrogens with zero attached hydrogens (tertiary/aromatic N) is 4. The Morgan fingerprint density at radius 2 is 2.05 bits per heavy atom. The minimum Gasteiger partial charge on any atom is -0.506 e. The van der Waals surface area contributed by atoms with Crippen molar-refractivity contribution in [1.82, 2.24) is 20.0 Å². The summed E-state index contributed by atoms with van der Waals surface area (Å²) in [5, 5.41) is 21.1. The second-order valence-corrected chi connectivity index (χ2v) is 5.48. The minimum absolute atomic E-state index is 0.160. The molecular weight excluding hydrogens is 284 g/mol. The van der Waals surface area contributed by atoms with Crippen molar-refractivity contribution >= 4 is 22.2 Å². The van der Waals surface area contributed by atoms with E-state index in [-0.39, 0.29) is 5.75 Å². The number of aromatic nitrogens is 4. The molecule has 0 unspecified atom stereocenters. The third kappa shape index (κ3) is 1.96. The molecule has 0 aliphatic rings. The molecule has 0 fully saturated rings. The van der Waals surface area contributed by atoms with E-state index in [2.05, 4.69) is 15.3 Å². The van der Waals surface area contributed by atoms with Gasteiger partial charge in [0.15, 0.2) is 0 Å². The zero-order valence-corrected chi connectivity index (χ0v) is 11.7. The zero-order chi connectivity index (χ0) is 14.2. The quantitative estimate of drug-likeness (QED) is 0.616. The first-order valence-electron chi connectivity index (χ1n) is 6.36. The highest BCUT2D eigenvalue weighted by atomic mass is 32.1. The Morgan fingerprint density at radius 3 is 2.90 bits per heavy atom. The lowest BCUT2D eigenvalue weighted by Gasteiger charge is -2.06. The molecule has 4 rings (SSSR count). The van der Waals surface area contributed by atoms with Gasteiger partial charge in [0.25, 0.3) is 0 Å². The van der Waals surface area contributed by atoms with Crippen LogP contribution < -0.4 is 0 Å². The number of phenolic OH excluding ortho intramolecular Hbond substituents is 1. The van der Waals surface area contributed by atoms with Crippen molar-refractivity contribution in [1.29, 1.82) is 0 Å². The third-order valence-corrected chi connectivity index (χ3v) is 4.13. The largest absolute Gasteiger partial charge is 0.506 e. The molecular formula is C15H10N4OS. The van der Waals surface area contributed by atoms with Crippen LogP contribution >= 0.6 is 11.3 Å². The van der Waals surface area contributed by atoms with Gasteiger partial charge in [0.2, 0.25) is 0 Å². The van der Waals surface area contributed by atoms with Crippen molar-refractivity contribution in [2.24, 2.45) is 0 Å². The van der Waals surface area contributed by atoms with Crippen molar-refractivity contribution in [3.8, 4) is 22.0 Å². The number of rotatable bonds is 2. The van der Waals surface area contributed by atoms with Gasteiger partial charge < -0.3 is 5.11 Å².